The Hall–Kier alpha value is -1.87. The molecule has 0 aromatic heterocycles. The van der Waals surface area contributed by atoms with E-state index in [2.05, 4.69) is 4.74 Å². The molecule has 1 aromatic carbocycles. The summed E-state index contributed by atoms with van der Waals surface area (Å²) in [7, 11) is -1.64. The number of methoxy groups -OCH3 is 1. The third-order valence-corrected chi connectivity index (χ3v) is 2.36. The minimum absolute atomic E-state index is 0.0470. The Morgan fingerprint density at radius 2 is 2.07 bits per heavy atom. The van der Waals surface area contributed by atoms with Gasteiger partial charge in [0.05, 0.1) is 29.2 Å². The molecule has 0 atom stereocenters. The predicted molar refractivity (Wildman–Crippen MR) is 51.1 cm³/mol. The van der Waals surface area contributed by atoms with Crippen molar-refractivity contribution >= 4 is 16.7 Å². The highest BCUT2D eigenvalue weighted by Crippen LogP contribution is 2.11. The molecule has 0 bridgehead atoms. The summed E-state index contributed by atoms with van der Waals surface area (Å²) in [5.74, 6) is -0.676. The lowest BCUT2D eigenvalue weighted by molar-refractivity contribution is 0.0600. The largest absolute Gasteiger partial charge is 0.465 e. The summed E-state index contributed by atoms with van der Waals surface area (Å²) in [5, 5.41) is 8.62. The van der Waals surface area contributed by atoms with Crippen LogP contribution in [0.5, 0.6) is 0 Å². The Bertz CT molecular complexity index is 505. The Morgan fingerprint density at radius 3 is 2.53 bits per heavy atom. The molecule has 0 unspecified atom stereocenters. The molecular weight excluding hydrogens is 218 g/mol. The van der Waals surface area contributed by atoms with Crippen molar-refractivity contribution < 1.29 is 17.9 Å². The van der Waals surface area contributed by atoms with Gasteiger partial charge in [0, 0.05) is 0 Å². The molecule has 0 fully saturated rings. The van der Waals surface area contributed by atoms with Crippen LogP contribution in [0.1, 0.15) is 15.9 Å². The summed E-state index contributed by atoms with van der Waals surface area (Å²) in [4.78, 5) is 11.0. The molecule has 6 heteroatoms. The van der Waals surface area contributed by atoms with Crippen LogP contribution in [0.4, 0.5) is 0 Å². The van der Waals surface area contributed by atoms with Gasteiger partial charge in [-0.2, -0.15) is 5.26 Å². The van der Waals surface area contributed by atoms with Gasteiger partial charge in [-0.1, -0.05) is 0 Å². The van der Waals surface area contributed by atoms with Gasteiger partial charge in [-0.25, -0.2) is 13.2 Å². The number of esters is 1. The molecule has 0 heterocycles. The highest BCUT2D eigenvalue weighted by molar-refractivity contribution is 7.72. The number of thiol groups is 1. The molecule has 0 N–H and O–H groups in total. The molecule has 0 saturated heterocycles. The maximum absolute atomic E-state index is 11.1. The van der Waals surface area contributed by atoms with Crippen LogP contribution in [0.25, 0.3) is 0 Å². The third-order valence-electron chi connectivity index (χ3n) is 1.68. The lowest BCUT2D eigenvalue weighted by Gasteiger charge is -2.00. The van der Waals surface area contributed by atoms with E-state index < -0.39 is 16.7 Å². The number of hydrogen-bond acceptors (Lipinski definition) is 5. The van der Waals surface area contributed by atoms with Crippen molar-refractivity contribution in [3.8, 4) is 6.07 Å². The van der Waals surface area contributed by atoms with Gasteiger partial charge in [-0.15, -0.1) is 0 Å². The fourth-order valence-corrected chi connectivity index (χ4v) is 1.51. The van der Waals surface area contributed by atoms with Crippen molar-refractivity contribution in [3.05, 3.63) is 29.3 Å². The van der Waals surface area contributed by atoms with Crippen LogP contribution in [0, 0.1) is 11.3 Å². The van der Waals surface area contributed by atoms with Gasteiger partial charge in [-0.05, 0) is 18.2 Å². The van der Waals surface area contributed by atoms with E-state index in [9.17, 15) is 13.2 Å². The van der Waals surface area contributed by atoms with Gasteiger partial charge >= 0.3 is 5.97 Å². The number of carbonyl (C=O) groups excluding carboxylic acids is 1. The first-order valence-corrected chi connectivity index (χ1v) is 5.04. The minimum Gasteiger partial charge on any atom is -0.465 e. The number of hydrogen-bond donors (Lipinski definition) is 1. The SMILES string of the molecule is COC(=O)c1cc(C#N)cc([SH](=O)=O)c1. The van der Waals surface area contributed by atoms with Crippen molar-refractivity contribution in [2.24, 2.45) is 0 Å². The monoisotopic (exact) mass is 225 g/mol. The maximum Gasteiger partial charge on any atom is 0.337 e. The highest BCUT2D eigenvalue weighted by atomic mass is 32.2. The second kappa shape index (κ2) is 4.57. The Kier molecular flexibility index (Phi) is 3.42. The molecule has 0 aliphatic rings. The van der Waals surface area contributed by atoms with E-state index in [1.165, 1.54) is 25.3 Å². The number of ether oxygens (including phenoxy) is 1. The normalized spacial score (nSPS) is 9.67. The molecule has 0 radical (unpaired) electrons. The number of benzene rings is 1. The molecule has 0 aliphatic carbocycles. The number of rotatable bonds is 2. The molecular formula is C9H7NO4S. The van der Waals surface area contributed by atoms with Crippen LogP contribution in [-0.2, 0) is 15.4 Å². The van der Waals surface area contributed by atoms with Gasteiger partial charge in [0.25, 0.3) is 0 Å². The van der Waals surface area contributed by atoms with E-state index >= 15 is 0 Å². The van der Waals surface area contributed by atoms with E-state index in [0.717, 1.165) is 0 Å². The molecule has 1 aromatic rings. The molecule has 0 spiro atoms. The summed E-state index contributed by atoms with van der Waals surface area (Å²) in [5.41, 5.74) is 0.151. The Labute approximate surface area is 87.9 Å². The van der Waals surface area contributed by atoms with Crippen LogP contribution in [0.2, 0.25) is 0 Å². The Morgan fingerprint density at radius 1 is 1.40 bits per heavy atom. The summed E-state index contributed by atoms with van der Waals surface area (Å²) < 4.78 is 25.8. The zero-order valence-electron chi connectivity index (χ0n) is 7.76. The Balaban J connectivity index is 3.37. The van der Waals surface area contributed by atoms with Crippen molar-refractivity contribution in [2.45, 2.75) is 4.90 Å². The van der Waals surface area contributed by atoms with Crippen LogP contribution in [0.15, 0.2) is 23.1 Å². The maximum atomic E-state index is 11.1. The van der Waals surface area contributed by atoms with Gasteiger partial charge in [0.2, 0.25) is 0 Å². The second-order valence-corrected chi connectivity index (χ2v) is 3.66. The van der Waals surface area contributed by atoms with Gasteiger partial charge in [-0.3, -0.25) is 0 Å². The van der Waals surface area contributed by atoms with Gasteiger partial charge in [0.15, 0.2) is 10.7 Å². The van der Waals surface area contributed by atoms with Crippen LogP contribution < -0.4 is 0 Å². The standard InChI is InChI=1S/C9H7NO4S/c1-14-9(11)7-2-6(5-10)3-8(4-7)15(12)13/h2-4,15H,1H3. The van der Waals surface area contributed by atoms with Crippen molar-refractivity contribution in [2.75, 3.05) is 7.11 Å². The summed E-state index contributed by atoms with van der Waals surface area (Å²) >= 11 is 0. The smallest absolute Gasteiger partial charge is 0.337 e. The molecule has 15 heavy (non-hydrogen) atoms. The van der Waals surface area contributed by atoms with E-state index in [1.807, 2.05) is 0 Å². The summed E-state index contributed by atoms with van der Waals surface area (Å²) in [6.45, 7) is 0. The van der Waals surface area contributed by atoms with Crippen LogP contribution in [-0.4, -0.2) is 21.5 Å². The molecule has 1 rings (SSSR count). The van der Waals surface area contributed by atoms with Crippen molar-refractivity contribution in [3.63, 3.8) is 0 Å². The lowest BCUT2D eigenvalue weighted by atomic mass is 10.1. The van der Waals surface area contributed by atoms with Gasteiger partial charge in [0.1, 0.15) is 0 Å². The van der Waals surface area contributed by atoms with Gasteiger partial charge < -0.3 is 4.74 Å². The quantitative estimate of drug-likeness (QED) is 0.578. The first-order valence-electron chi connectivity index (χ1n) is 3.86. The minimum atomic E-state index is -2.82. The number of carbonyl (C=O) groups is 1. The molecule has 78 valence electrons. The zero-order chi connectivity index (χ0) is 11.4. The molecule has 5 nitrogen and oxygen atoms in total. The number of nitriles is 1. The van der Waals surface area contributed by atoms with E-state index in [1.54, 1.807) is 6.07 Å². The lowest BCUT2D eigenvalue weighted by Crippen LogP contribution is -2.02. The summed E-state index contributed by atoms with van der Waals surface area (Å²) in [6, 6.07) is 5.40. The number of nitrogens with zero attached hydrogens (tertiary/aromatic N) is 1. The van der Waals surface area contributed by atoms with Crippen LogP contribution in [0.3, 0.4) is 0 Å². The predicted octanol–water partition coefficient (Wildman–Crippen LogP) is 0.315. The van der Waals surface area contributed by atoms with Crippen LogP contribution >= 0.6 is 0 Å². The fraction of sp³-hybridized carbons (Fsp3) is 0.111. The highest BCUT2D eigenvalue weighted by Gasteiger charge is 2.09. The zero-order valence-corrected chi connectivity index (χ0v) is 8.65. The summed E-state index contributed by atoms with van der Waals surface area (Å²) in [6.07, 6.45) is 0. The molecule has 0 saturated carbocycles. The molecule has 0 aliphatic heterocycles. The van der Waals surface area contributed by atoms with Crippen molar-refractivity contribution in [1.82, 2.24) is 0 Å². The van der Waals surface area contributed by atoms with E-state index in [-0.39, 0.29) is 16.0 Å². The second-order valence-electron chi connectivity index (χ2n) is 2.63. The molecule has 0 amide bonds. The first-order chi connectivity index (χ1) is 7.08. The third kappa shape index (κ3) is 2.54. The average molecular weight is 225 g/mol. The topological polar surface area (TPSA) is 84.2 Å². The first kappa shape index (κ1) is 11.2. The fourth-order valence-electron chi connectivity index (χ4n) is 1.02. The van der Waals surface area contributed by atoms with Crippen molar-refractivity contribution in [1.29, 1.82) is 5.26 Å². The van der Waals surface area contributed by atoms with E-state index in [4.69, 9.17) is 5.26 Å². The average Bonchev–Trinajstić information content (AvgIpc) is 2.27. The van der Waals surface area contributed by atoms with E-state index in [0.29, 0.717) is 0 Å².